The lowest BCUT2D eigenvalue weighted by Crippen LogP contribution is -2.35. The molecule has 0 aromatic heterocycles. The summed E-state index contributed by atoms with van der Waals surface area (Å²) in [6.45, 7) is 0. The summed E-state index contributed by atoms with van der Waals surface area (Å²) < 4.78 is 0. The van der Waals surface area contributed by atoms with Crippen LogP contribution in [-0.2, 0) is 14.7 Å². The van der Waals surface area contributed by atoms with Gasteiger partial charge in [-0.25, -0.2) is 15.0 Å². The third-order valence-electron chi connectivity index (χ3n) is 3.27. The van der Waals surface area contributed by atoms with E-state index in [1.807, 2.05) is 0 Å². The van der Waals surface area contributed by atoms with Crippen molar-refractivity contribution in [2.75, 3.05) is 7.11 Å². The maximum Gasteiger partial charge on any atom is 0.233 e. The van der Waals surface area contributed by atoms with E-state index in [1.54, 1.807) is 0 Å². The fraction of sp³-hybridized carbons (Fsp3) is 1.00. The Balaban J connectivity index is 2.48. The van der Waals surface area contributed by atoms with Crippen LogP contribution in [0.4, 0.5) is 0 Å². The lowest BCUT2D eigenvalue weighted by Gasteiger charge is -2.28. The van der Waals surface area contributed by atoms with E-state index in [0.29, 0.717) is 12.8 Å². The summed E-state index contributed by atoms with van der Waals surface area (Å²) in [6, 6.07) is 0. The van der Waals surface area contributed by atoms with Crippen LogP contribution in [0.25, 0.3) is 0 Å². The topological polar surface area (TPSA) is 47.9 Å². The lowest BCUT2D eigenvalue weighted by atomic mass is 10.0. The zero-order valence-corrected chi connectivity index (χ0v) is 10.2. The van der Waals surface area contributed by atoms with Crippen LogP contribution in [0.15, 0.2) is 0 Å². The van der Waals surface area contributed by atoms with Crippen molar-refractivity contribution >= 4 is 0 Å². The highest BCUT2D eigenvalue weighted by molar-refractivity contribution is 4.68. The van der Waals surface area contributed by atoms with Crippen molar-refractivity contribution in [1.29, 1.82) is 0 Å². The average molecular weight is 232 g/mol. The van der Waals surface area contributed by atoms with Crippen molar-refractivity contribution in [2.24, 2.45) is 0 Å². The standard InChI is InChI=1S/C12H24O4/c1-14-16-12(15-13)10-8-6-4-2-3-5-7-9-11-12/h13H,2-11H2,1H3. The number of hydrogen-bond donors (Lipinski definition) is 1. The molecule has 96 valence electrons. The van der Waals surface area contributed by atoms with Gasteiger partial charge < -0.3 is 0 Å². The summed E-state index contributed by atoms with van der Waals surface area (Å²) in [4.78, 5) is 14.4. The van der Waals surface area contributed by atoms with Crippen LogP contribution >= 0.6 is 0 Å². The summed E-state index contributed by atoms with van der Waals surface area (Å²) in [5.74, 6) is -0.945. The van der Waals surface area contributed by atoms with E-state index >= 15 is 0 Å². The number of rotatable bonds is 3. The normalized spacial score (nSPS) is 23.6. The molecule has 4 heteroatoms. The first kappa shape index (κ1) is 13.9. The molecule has 0 heterocycles. The maximum absolute atomic E-state index is 9.02. The molecule has 0 bridgehead atoms. The Kier molecular flexibility index (Phi) is 6.96. The van der Waals surface area contributed by atoms with Gasteiger partial charge in [-0.3, -0.25) is 0 Å². The molecule has 1 rings (SSSR count). The first-order chi connectivity index (χ1) is 7.83. The third kappa shape index (κ3) is 4.78. The van der Waals surface area contributed by atoms with Gasteiger partial charge in [-0.15, -0.1) is 0 Å². The van der Waals surface area contributed by atoms with E-state index in [9.17, 15) is 0 Å². The van der Waals surface area contributed by atoms with E-state index in [1.165, 1.54) is 32.8 Å². The Bertz CT molecular complexity index is 160. The second-order valence-electron chi connectivity index (χ2n) is 4.58. The van der Waals surface area contributed by atoms with Crippen molar-refractivity contribution in [3.63, 3.8) is 0 Å². The first-order valence-electron chi connectivity index (χ1n) is 6.37. The summed E-state index contributed by atoms with van der Waals surface area (Å²) in [6.07, 6.45) is 10.9. The van der Waals surface area contributed by atoms with Crippen LogP contribution in [0, 0.1) is 0 Å². The number of hydrogen-bond acceptors (Lipinski definition) is 4. The molecule has 0 aromatic carbocycles. The largest absolute Gasteiger partial charge is 0.249 e. The van der Waals surface area contributed by atoms with Gasteiger partial charge in [-0.05, 0) is 12.8 Å². The molecule has 1 N–H and O–H groups in total. The maximum atomic E-state index is 9.02. The Labute approximate surface area is 97.7 Å². The van der Waals surface area contributed by atoms with E-state index in [2.05, 4.69) is 4.89 Å². The Hall–Kier alpha value is -0.160. The van der Waals surface area contributed by atoms with E-state index < -0.39 is 5.79 Å². The fourth-order valence-corrected chi connectivity index (χ4v) is 2.32. The molecule has 0 aromatic rings. The summed E-state index contributed by atoms with van der Waals surface area (Å²) in [5.41, 5.74) is 0. The molecule has 0 spiro atoms. The summed E-state index contributed by atoms with van der Waals surface area (Å²) in [5, 5.41) is 9.02. The SMILES string of the molecule is COOC1(OO)CCCCCCCCCC1. The van der Waals surface area contributed by atoms with Gasteiger partial charge in [-0.2, -0.15) is 4.89 Å². The fourth-order valence-electron chi connectivity index (χ4n) is 2.32. The van der Waals surface area contributed by atoms with Gasteiger partial charge in [0.2, 0.25) is 5.79 Å². The van der Waals surface area contributed by atoms with Gasteiger partial charge in [-0.1, -0.05) is 38.5 Å². The molecule has 1 fully saturated rings. The van der Waals surface area contributed by atoms with Crippen LogP contribution in [0.2, 0.25) is 0 Å². The minimum atomic E-state index is -0.945. The van der Waals surface area contributed by atoms with Crippen LogP contribution in [-0.4, -0.2) is 18.2 Å². The van der Waals surface area contributed by atoms with E-state index in [4.69, 9.17) is 15.0 Å². The molecule has 16 heavy (non-hydrogen) atoms. The van der Waals surface area contributed by atoms with Gasteiger partial charge in [0.05, 0.1) is 7.11 Å². The molecule has 0 amide bonds. The molecule has 0 radical (unpaired) electrons. The molecule has 1 aliphatic carbocycles. The van der Waals surface area contributed by atoms with Crippen molar-refractivity contribution in [2.45, 2.75) is 70.0 Å². The minimum Gasteiger partial charge on any atom is -0.249 e. The average Bonchev–Trinajstić information content (AvgIpc) is 2.35. The molecule has 1 saturated carbocycles. The molecule has 0 unspecified atom stereocenters. The highest BCUT2D eigenvalue weighted by Crippen LogP contribution is 2.29. The van der Waals surface area contributed by atoms with Gasteiger partial charge in [0.1, 0.15) is 0 Å². The molecule has 0 atom stereocenters. The summed E-state index contributed by atoms with van der Waals surface area (Å²) >= 11 is 0. The molecular formula is C12H24O4. The second-order valence-corrected chi connectivity index (χ2v) is 4.58. The van der Waals surface area contributed by atoms with Gasteiger partial charge in [0, 0.05) is 12.8 Å². The van der Waals surface area contributed by atoms with Gasteiger partial charge in [0.25, 0.3) is 0 Å². The van der Waals surface area contributed by atoms with Crippen LogP contribution in [0.1, 0.15) is 64.2 Å². The molecule has 1 aliphatic rings. The minimum absolute atomic E-state index is 0.692. The predicted molar refractivity (Wildman–Crippen MR) is 60.7 cm³/mol. The van der Waals surface area contributed by atoms with Crippen molar-refractivity contribution in [1.82, 2.24) is 0 Å². The van der Waals surface area contributed by atoms with Crippen molar-refractivity contribution in [3.8, 4) is 0 Å². The van der Waals surface area contributed by atoms with Crippen molar-refractivity contribution in [3.05, 3.63) is 0 Å². The highest BCUT2D eigenvalue weighted by atomic mass is 17.3. The molecule has 0 saturated heterocycles. The third-order valence-corrected chi connectivity index (χ3v) is 3.27. The van der Waals surface area contributed by atoms with Gasteiger partial charge >= 0.3 is 0 Å². The van der Waals surface area contributed by atoms with Crippen LogP contribution < -0.4 is 0 Å². The van der Waals surface area contributed by atoms with Crippen molar-refractivity contribution < 1.29 is 19.9 Å². The Morgan fingerprint density at radius 3 is 1.62 bits per heavy atom. The zero-order valence-electron chi connectivity index (χ0n) is 10.2. The summed E-state index contributed by atoms with van der Waals surface area (Å²) in [7, 11) is 1.45. The lowest BCUT2D eigenvalue weighted by molar-refractivity contribution is -0.496. The monoisotopic (exact) mass is 232 g/mol. The highest BCUT2D eigenvalue weighted by Gasteiger charge is 2.33. The van der Waals surface area contributed by atoms with Crippen LogP contribution in [0.5, 0.6) is 0 Å². The van der Waals surface area contributed by atoms with Crippen LogP contribution in [0.3, 0.4) is 0 Å². The first-order valence-corrected chi connectivity index (χ1v) is 6.37. The Morgan fingerprint density at radius 2 is 1.25 bits per heavy atom. The second kappa shape index (κ2) is 8.01. The smallest absolute Gasteiger partial charge is 0.233 e. The van der Waals surface area contributed by atoms with E-state index in [-0.39, 0.29) is 0 Å². The molecular weight excluding hydrogens is 208 g/mol. The van der Waals surface area contributed by atoms with Gasteiger partial charge in [0.15, 0.2) is 0 Å². The zero-order chi connectivity index (χ0) is 11.7. The quantitative estimate of drug-likeness (QED) is 0.458. The Morgan fingerprint density at radius 1 is 0.812 bits per heavy atom. The predicted octanol–water partition coefficient (Wildman–Crippen LogP) is 3.66. The molecule has 0 aliphatic heterocycles. The molecule has 4 nitrogen and oxygen atoms in total. The van der Waals surface area contributed by atoms with E-state index in [0.717, 1.165) is 25.7 Å².